The van der Waals surface area contributed by atoms with Crippen molar-refractivity contribution in [3.8, 4) is 11.5 Å². The summed E-state index contributed by atoms with van der Waals surface area (Å²) < 4.78 is 11.5. The number of carbonyl (C=O) groups is 2. The van der Waals surface area contributed by atoms with Gasteiger partial charge in [-0.1, -0.05) is 49.4 Å². The molecule has 0 aromatic heterocycles. The average molecular weight is 484 g/mol. The molecule has 0 aliphatic carbocycles. The van der Waals surface area contributed by atoms with E-state index in [-0.39, 0.29) is 24.0 Å². The maximum Gasteiger partial charge on any atom is 0.295 e. The third-order valence-corrected chi connectivity index (χ3v) is 6.57. The van der Waals surface area contributed by atoms with E-state index in [1.165, 1.54) is 4.90 Å². The van der Waals surface area contributed by atoms with E-state index in [2.05, 4.69) is 0 Å². The van der Waals surface area contributed by atoms with Gasteiger partial charge in [0, 0.05) is 18.5 Å². The molecule has 1 saturated heterocycles. The lowest BCUT2D eigenvalue weighted by Gasteiger charge is -2.25. The third-order valence-electron chi connectivity index (χ3n) is 6.57. The number of likely N-dealkylation sites (tertiary alicyclic amines) is 1. The minimum absolute atomic E-state index is 0.0577. The van der Waals surface area contributed by atoms with Crippen LogP contribution in [0.2, 0.25) is 0 Å². The smallest absolute Gasteiger partial charge is 0.295 e. The minimum Gasteiger partial charge on any atom is -0.507 e. The van der Waals surface area contributed by atoms with Crippen molar-refractivity contribution >= 4 is 17.4 Å². The van der Waals surface area contributed by atoms with Crippen LogP contribution in [0.1, 0.15) is 48.6 Å². The fourth-order valence-corrected chi connectivity index (χ4v) is 4.86. The summed E-state index contributed by atoms with van der Waals surface area (Å²) in [6.07, 6.45) is 1.67. The van der Waals surface area contributed by atoms with Gasteiger partial charge in [0.1, 0.15) is 23.4 Å². The summed E-state index contributed by atoms with van der Waals surface area (Å²) in [5, 5.41) is 11.4. The Hall–Kier alpha value is -4.06. The number of nitrogens with zero attached hydrogens (tertiary/aromatic N) is 1. The van der Waals surface area contributed by atoms with E-state index in [0.29, 0.717) is 17.9 Å². The zero-order valence-corrected chi connectivity index (χ0v) is 20.4. The number of amides is 1. The molecule has 0 bridgehead atoms. The van der Waals surface area contributed by atoms with Crippen LogP contribution < -0.4 is 9.47 Å². The van der Waals surface area contributed by atoms with Gasteiger partial charge >= 0.3 is 0 Å². The summed E-state index contributed by atoms with van der Waals surface area (Å²) >= 11 is 0. The molecule has 6 heteroatoms. The van der Waals surface area contributed by atoms with Gasteiger partial charge in [-0.25, -0.2) is 0 Å². The SMILES string of the molecule is CCCOc1ccc([C@@H]2/C(=C(\O)c3ccc4c(c3)C[C@H](C)O4)C(=O)C(=O)N2Cc2ccccc2)cc1. The lowest BCUT2D eigenvalue weighted by molar-refractivity contribution is -0.140. The van der Waals surface area contributed by atoms with Gasteiger partial charge in [0.25, 0.3) is 11.7 Å². The Morgan fingerprint density at radius 3 is 2.53 bits per heavy atom. The summed E-state index contributed by atoms with van der Waals surface area (Å²) in [4.78, 5) is 28.1. The first kappa shape index (κ1) is 23.7. The second kappa shape index (κ2) is 9.90. The van der Waals surface area contributed by atoms with Crippen LogP contribution in [0.4, 0.5) is 0 Å². The van der Waals surface area contributed by atoms with Crippen LogP contribution >= 0.6 is 0 Å². The monoisotopic (exact) mass is 483 g/mol. The number of aliphatic hydroxyl groups excluding tert-OH is 1. The van der Waals surface area contributed by atoms with E-state index in [4.69, 9.17) is 9.47 Å². The van der Waals surface area contributed by atoms with Crippen molar-refractivity contribution in [3.63, 3.8) is 0 Å². The standard InChI is InChI=1S/C30H29NO5/c1-3-15-35-24-12-9-21(10-13-24)27-26(28(32)22-11-14-25-23(17-22)16-19(2)36-25)29(33)30(34)31(27)18-20-7-5-4-6-8-20/h4-14,17,19,27,32H,3,15-16,18H2,1-2H3/b28-26+/t19-,27+/m0/s1. The number of ketones is 1. The third kappa shape index (κ3) is 4.47. The first-order valence-corrected chi connectivity index (χ1v) is 12.3. The maximum absolute atomic E-state index is 13.3. The molecule has 2 aliphatic heterocycles. The van der Waals surface area contributed by atoms with Gasteiger partial charge in [0.15, 0.2) is 0 Å². The van der Waals surface area contributed by atoms with Gasteiger partial charge in [-0.05, 0) is 60.4 Å². The zero-order valence-electron chi connectivity index (χ0n) is 20.4. The molecule has 5 rings (SSSR count). The van der Waals surface area contributed by atoms with Crippen LogP contribution in [0.3, 0.4) is 0 Å². The van der Waals surface area contributed by atoms with Crippen molar-refractivity contribution in [1.82, 2.24) is 4.90 Å². The van der Waals surface area contributed by atoms with Gasteiger partial charge < -0.3 is 19.5 Å². The first-order valence-electron chi connectivity index (χ1n) is 12.3. The molecule has 1 N–H and O–H groups in total. The van der Waals surface area contributed by atoms with Crippen LogP contribution in [0, 0.1) is 0 Å². The summed E-state index contributed by atoms with van der Waals surface area (Å²) in [6, 6.07) is 21.6. The lowest BCUT2D eigenvalue weighted by atomic mass is 9.94. The van der Waals surface area contributed by atoms with Crippen molar-refractivity contribution in [2.24, 2.45) is 0 Å². The van der Waals surface area contributed by atoms with Crippen LogP contribution in [-0.2, 0) is 22.6 Å². The predicted molar refractivity (Wildman–Crippen MR) is 137 cm³/mol. The number of hydrogen-bond acceptors (Lipinski definition) is 5. The Balaban J connectivity index is 1.58. The molecule has 1 fully saturated rings. The Morgan fingerprint density at radius 2 is 1.81 bits per heavy atom. The Bertz CT molecular complexity index is 1310. The quantitative estimate of drug-likeness (QED) is 0.276. The molecule has 3 aromatic rings. The van der Waals surface area contributed by atoms with Crippen LogP contribution in [0.25, 0.3) is 5.76 Å². The highest BCUT2D eigenvalue weighted by molar-refractivity contribution is 6.46. The van der Waals surface area contributed by atoms with E-state index in [0.717, 1.165) is 35.3 Å². The molecule has 0 spiro atoms. The fourth-order valence-electron chi connectivity index (χ4n) is 4.86. The minimum atomic E-state index is -0.728. The second-order valence-corrected chi connectivity index (χ2v) is 9.29. The van der Waals surface area contributed by atoms with Gasteiger partial charge in [0.05, 0.1) is 18.2 Å². The highest BCUT2D eigenvalue weighted by Gasteiger charge is 2.46. The molecule has 3 aromatic carbocycles. The molecular formula is C30H29NO5. The highest BCUT2D eigenvalue weighted by atomic mass is 16.5. The van der Waals surface area contributed by atoms with E-state index in [1.807, 2.05) is 80.6 Å². The largest absolute Gasteiger partial charge is 0.507 e. The topological polar surface area (TPSA) is 76.1 Å². The molecule has 2 atom stereocenters. The highest BCUT2D eigenvalue weighted by Crippen LogP contribution is 2.41. The molecule has 0 saturated carbocycles. The number of benzene rings is 3. The maximum atomic E-state index is 13.3. The summed E-state index contributed by atoms with van der Waals surface area (Å²) in [5.41, 5.74) is 3.19. The number of rotatable bonds is 7. The fraction of sp³-hybridized carbons (Fsp3) is 0.267. The second-order valence-electron chi connectivity index (χ2n) is 9.29. The molecule has 2 heterocycles. The number of aliphatic hydroxyl groups is 1. The molecule has 0 unspecified atom stereocenters. The Kier molecular flexibility index (Phi) is 6.51. The molecule has 36 heavy (non-hydrogen) atoms. The number of fused-ring (bicyclic) bond motifs is 1. The molecular weight excluding hydrogens is 454 g/mol. The van der Waals surface area contributed by atoms with E-state index in [9.17, 15) is 14.7 Å². The summed E-state index contributed by atoms with van der Waals surface area (Å²) in [6.45, 7) is 4.88. The van der Waals surface area contributed by atoms with E-state index in [1.54, 1.807) is 6.07 Å². The van der Waals surface area contributed by atoms with Crippen molar-refractivity contribution in [3.05, 3.63) is 101 Å². The number of Topliss-reactive ketones (excluding diaryl/α,β-unsaturated/α-hetero) is 1. The molecule has 184 valence electrons. The molecule has 0 radical (unpaired) electrons. The Morgan fingerprint density at radius 1 is 1.06 bits per heavy atom. The molecule has 2 aliphatic rings. The molecule has 1 amide bonds. The Labute approximate surface area is 210 Å². The summed E-state index contributed by atoms with van der Waals surface area (Å²) in [7, 11) is 0. The van der Waals surface area contributed by atoms with Crippen molar-refractivity contribution in [2.75, 3.05) is 6.61 Å². The zero-order chi connectivity index (χ0) is 25.2. The average Bonchev–Trinajstić information content (AvgIpc) is 3.39. The van der Waals surface area contributed by atoms with Crippen molar-refractivity contribution in [1.29, 1.82) is 0 Å². The van der Waals surface area contributed by atoms with Crippen LogP contribution in [0.15, 0.2) is 78.4 Å². The first-order chi connectivity index (χ1) is 17.5. The van der Waals surface area contributed by atoms with Gasteiger partial charge in [-0.15, -0.1) is 0 Å². The summed E-state index contributed by atoms with van der Waals surface area (Å²) in [5.74, 6) is -0.00147. The van der Waals surface area contributed by atoms with Crippen LogP contribution in [-0.4, -0.2) is 34.4 Å². The van der Waals surface area contributed by atoms with Crippen molar-refractivity contribution in [2.45, 2.75) is 45.4 Å². The number of carbonyl (C=O) groups excluding carboxylic acids is 2. The number of hydrogen-bond donors (Lipinski definition) is 1. The molecule has 6 nitrogen and oxygen atoms in total. The van der Waals surface area contributed by atoms with Crippen molar-refractivity contribution < 1.29 is 24.2 Å². The normalized spacial score (nSPS) is 20.3. The van der Waals surface area contributed by atoms with Gasteiger partial charge in [-0.3, -0.25) is 9.59 Å². The van der Waals surface area contributed by atoms with Crippen LogP contribution in [0.5, 0.6) is 11.5 Å². The predicted octanol–water partition coefficient (Wildman–Crippen LogP) is 5.42. The lowest BCUT2D eigenvalue weighted by Crippen LogP contribution is -2.29. The van der Waals surface area contributed by atoms with E-state index < -0.39 is 17.7 Å². The van der Waals surface area contributed by atoms with Gasteiger partial charge in [-0.2, -0.15) is 0 Å². The number of ether oxygens (including phenoxy) is 2. The van der Waals surface area contributed by atoms with E-state index >= 15 is 0 Å². The van der Waals surface area contributed by atoms with Gasteiger partial charge in [0.2, 0.25) is 0 Å².